The summed E-state index contributed by atoms with van der Waals surface area (Å²) in [4.78, 5) is 16.8. The molecule has 0 aliphatic carbocycles. The van der Waals surface area contributed by atoms with E-state index in [1.807, 2.05) is 49.6 Å². The number of esters is 1. The highest BCUT2D eigenvalue weighted by molar-refractivity contribution is 7.10. The predicted molar refractivity (Wildman–Crippen MR) is 95.7 cm³/mol. The summed E-state index contributed by atoms with van der Waals surface area (Å²) < 4.78 is 5.24. The molecule has 1 N–H and O–H groups in total. The Labute approximate surface area is 139 Å². The number of para-hydroxylation sites is 1. The molecule has 0 bridgehead atoms. The molecular formula is C19H19NO2S. The van der Waals surface area contributed by atoms with Crippen LogP contribution in [0.5, 0.6) is 0 Å². The van der Waals surface area contributed by atoms with Gasteiger partial charge in [-0.2, -0.15) is 0 Å². The van der Waals surface area contributed by atoms with Crippen LogP contribution in [0.3, 0.4) is 0 Å². The van der Waals surface area contributed by atoms with Gasteiger partial charge in [-0.05, 0) is 43.0 Å². The van der Waals surface area contributed by atoms with Gasteiger partial charge in [-0.3, -0.25) is 0 Å². The van der Waals surface area contributed by atoms with E-state index < -0.39 is 0 Å². The Morgan fingerprint density at radius 1 is 1.26 bits per heavy atom. The van der Waals surface area contributed by atoms with Crippen molar-refractivity contribution in [1.82, 2.24) is 4.98 Å². The first-order valence-electron chi connectivity index (χ1n) is 7.66. The van der Waals surface area contributed by atoms with Crippen molar-refractivity contribution in [3.05, 3.63) is 63.5 Å². The quantitative estimate of drug-likeness (QED) is 0.544. The van der Waals surface area contributed by atoms with Gasteiger partial charge >= 0.3 is 5.97 Å². The molecular weight excluding hydrogens is 306 g/mol. The minimum absolute atomic E-state index is 0.245. The minimum atomic E-state index is -0.245. The van der Waals surface area contributed by atoms with Crippen molar-refractivity contribution in [2.75, 3.05) is 6.61 Å². The van der Waals surface area contributed by atoms with Gasteiger partial charge in [0.15, 0.2) is 0 Å². The number of hydrogen-bond acceptors (Lipinski definition) is 3. The Balaban J connectivity index is 2.00. The number of thiophene rings is 1. The highest BCUT2D eigenvalue weighted by atomic mass is 32.1. The number of nitrogens with one attached hydrogen (secondary N) is 1. The van der Waals surface area contributed by atoms with Gasteiger partial charge in [-0.1, -0.05) is 24.3 Å². The van der Waals surface area contributed by atoms with Crippen molar-refractivity contribution >= 4 is 34.3 Å². The molecule has 0 fully saturated rings. The van der Waals surface area contributed by atoms with Gasteiger partial charge in [-0.25, -0.2) is 4.79 Å². The van der Waals surface area contributed by atoms with Crippen LogP contribution in [0.1, 0.15) is 23.1 Å². The highest BCUT2D eigenvalue weighted by Gasteiger charge is 2.16. The van der Waals surface area contributed by atoms with E-state index in [9.17, 15) is 4.79 Å². The lowest BCUT2D eigenvalue weighted by molar-refractivity contribution is -0.138. The summed E-state index contributed by atoms with van der Waals surface area (Å²) in [7, 11) is 0. The van der Waals surface area contributed by atoms with Crippen molar-refractivity contribution < 1.29 is 9.53 Å². The summed E-state index contributed by atoms with van der Waals surface area (Å²) in [6.45, 7) is 4.26. The maximum Gasteiger partial charge on any atom is 0.334 e. The van der Waals surface area contributed by atoms with Crippen molar-refractivity contribution in [2.45, 2.75) is 20.3 Å². The topological polar surface area (TPSA) is 42.1 Å². The van der Waals surface area contributed by atoms with Crippen LogP contribution in [-0.4, -0.2) is 17.6 Å². The van der Waals surface area contributed by atoms with Crippen molar-refractivity contribution in [2.24, 2.45) is 0 Å². The van der Waals surface area contributed by atoms with Crippen molar-refractivity contribution in [3.8, 4) is 0 Å². The Morgan fingerprint density at radius 3 is 2.83 bits per heavy atom. The van der Waals surface area contributed by atoms with Gasteiger partial charge in [0, 0.05) is 33.5 Å². The maximum atomic E-state index is 12.3. The average Bonchev–Trinajstić information content (AvgIpc) is 3.15. The van der Waals surface area contributed by atoms with E-state index >= 15 is 0 Å². The van der Waals surface area contributed by atoms with Crippen LogP contribution in [0.15, 0.2) is 47.4 Å². The molecule has 2 heterocycles. The number of aromatic amines is 1. The lowest BCUT2D eigenvalue weighted by Crippen LogP contribution is -2.10. The molecule has 0 saturated carbocycles. The van der Waals surface area contributed by atoms with E-state index in [4.69, 9.17) is 4.74 Å². The summed E-state index contributed by atoms with van der Waals surface area (Å²) in [6, 6.07) is 12.2. The molecule has 0 aliphatic rings. The normalized spacial score (nSPS) is 11.8. The molecule has 0 atom stereocenters. The van der Waals surface area contributed by atoms with Crippen LogP contribution in [-0.2, 0) is 16.0 Å². The Hall–Kier alpha value is -2.33. The second-order valence-corrected chi connectivity index (χ2v) is 6.34. The number of carbonyl (C=O) groups excluding carboxylic acids is 1. The fraction of sp³-hybridized carbons (Fsp3) is 0.211. The van der Waals surface area contributed by atoms with Crippen LogP contribution in [0, 0.1) is 6.92 Å². The first kappa shape index (κ1) is 15.6. The molecule has 4 heteroatoms. The van der Waals surface area contributed by atoms with E-state index in [1.54, 1.807) is 11.3 Å². The average molecular weight is 325 g/mol. The summed E-state index contributed by atoms with van der Waals surface area (Å²) >= 11 is 1.62. The fourth-order valence-electron chi connectivity index (χ4n) is 2.70. The van der Waals surface area contributed by atoms with Crippen molar-refractivity contribution in [1.29, 1.82) is 0 Å². The monoisotopic (exact) mass is 325 g/mol. The van der Waals surface area contributed by atoms with E-state index in [1.165, 1.54) is 0 Å². The number of H-pyrrole nitrogens is 1. The lowest BCUT2D eigenvalue weighted by Gasteiger charge is -2.07. The molecule has 3 aromatic rings. The Morgan fingerprint density at radius 2 is 2.09 bits per heavy atom. The molecule has 3 rings (SSSR count). The standard InChI is InChI=1S/C19H19NO2S/c1-3-22-19(21)14(11-15-7-6-10-23-15)12-17-13(2)20-18-9-5-4-8-16(17)18/h4-11,20H,3,12H2,1-2H3/b14-11+. The van der Waals surface area contributed by atoms with E-state index in [2.05, 4.69) is 17.1 Å². The molecule has 3 nitrogen and oxygen atoms in total. The summed E-state index contributed by atoms with van der Waals surface area (Å²) in [6.07, 6.45) is 2.50. The Bertz CT molecular complexity index is 844. The Kier molecular flexibility index (Phi) is 4.63. The van der Waals surface area contributed by atoms with Gasteiger partial charge in [0.25, 0.3) is 0 Å². The minimum Gasteiger partial charge on any atom is -0.463 e. The number of rotatable bonds is 5. The molecule has 0 aliphatic heterocycles. The zero-order valence-electron chi connectivity index (χ0n) is 13.3. The molecule has 118 valence electrons. The molecule has 0 spiro atoms. The number of aryl methyl sites for hydroxylation is 1. The van der Waals surface area contributed by atoms with Gasteiger partial charge in [0.2, 0.25) is 0 Å². The van der Waals surface area contributed by atoms with Crippen molar-refractivity contribution in [3.63, 3.8) is 0 Å². The van der Waals surface area contributed by atoms with E-state index in [0.29, 0.717) is 18.6 Å². The number of carbonyl (C=O) groups is 1. The molecule has 2 aromatic heterocycles. The number of fused-ring (bicyclic) bond motifs is 1. The van der Waals surface area contributed by atoms with Crippen LogP contribution < -0.4 is 0 Å². The van der Waals surface area contributed by atoms with Gasteiger partial charge < -0.3 is 9.72 Å². The third-order valence-corrected chi connectivity index (χ3v) is 4.61. The zero-order valence-corrected chi connectivity index (χ0v) is 14.1. The second kappa shape index (κ2) is 6.84. The molecule has 0 saturated heterocycles. The van der Waals surface area contributed by atoms with Gasteiger partial charge in [-0.15, -0.1) is 11.3 Å². The maximum absolute atomic E-state index is 12.3. The van der Waals surface area contributed by atoms with Gasteiger partial charge in [0.05, 0.1) is 6.61 Å². The van der Waals surface area contributed by atoms with Crippen LogP contribution >= 0.6 is 11.3 Å². The number of benzene rings is 1. The smallest absolute Gasteiger partial charge is 0.334 e. The van der Waals surface area contributed by atoms with E-state index in [0.717, 1.165) is 27.0 Å². The predicted octanol–water partition coefficient (Wildman–Crippen LogP) is 4.73. The molecule has 0 radical (unpaired) electrons. The van der Waals surface area contributed by atoms with E-state index in [-0.39, 0.29) is 5.97 Å². The molecule has 0 unspecified atom stereocenters. The van der Waals surface area contributed by atoms with Crippen LogP contribution in [0.4, 0.5) is 0 Å². The SMILES string of the molecule is CCOC(=O)/C(=C/c1cccs1)Cc1c(C)[nH]c2ccccc12. The third kappa shape index (κ3) is 3.37. The second-order valence-electron chi connectivity index (χ2n) is 5.36. The highest BCUT2D eigenvalue weighted by Crippen LogP contribution is 2.26. The summed E-state index contributed by atoms with van der Waals surface area (Å²) in [5, 5.41) is 3.16. The van der Waals surface area contributed by atoms with Crippen LogP contribution in [0.2, 0.25) is 0 Å². The number of hydrogen-bond donors (Lipinski definition) is 1. The zero-order chi connectivity index (χ0) is 16.2. The summed E-state index contributed by atoms with van der Waals surface area (Å²) in [5.41, 5.74) is 4.02. The molecule has 23 heavy (non-hydrogen) atoms. The molecule has 0 amide bonds. The van der Waals surface area contributed by atoms with Gasteiger partial charge in [0.1, 0.15) is 0 Å². The first-order valence-corrected chi connectivity index (χ1v) is 8.54. The summed E-state index contributed by atoms with van der Waals surface area (Å²) in [5.74, 6) is -0.245. The first-order chi connectivity index (χ1) is 11.2. The fourth-order valence-corrected chi connectivity index (χ4v) is 3.39. The lowest BCUT2D eigenvalue weighted by atomic mass is 10.0. The molecule has 1 aromatic carbocycles. The largest absolute Gasteiger partial charge is 0.463 e. The third-order valence-electron chi connectivity index (χ3n) is 3.79. The van der Waals surface area contributed by atoms with Crippen LogP contribution in [0.25, 0.3) is 17.0 Å². The number of aromatic nitrogens is 1. The number of ether oxygens (including phenoxy) is 1.